The summed E-state index contributed by atoms with van der Waals surface area (Å²) < 4.78 is 0. The summed E-state index contributed by atoms with van der Waals surface area (Å²) >= 11 is 0. The number of amides is 1. The summed E-state index contributed by atoms with van der Waals surface area (Å²) in [6.07, 6.45) is 4.92. The maximum atomic E-state index is 13.3. The van der Waals surface area contributed by atoms with E-state index in [2.05, 4.69) is 34.8 Å². The number of hydrogen-bond donors (Lipinski definition) is 1. The predicted molar refractivity (Wildman–Crippen MR) is 95.0 cm³/mol. The van der Waals surface area contributed by atoms with Crippen LogP contribution in [-0.4, -0.2) is 52.4 Å². The molecule has 5 rings (SSSR count). The fourth-order valence-corrected chi connectivity index (χ4v) is 5.86. The van der Waals surface area contributed by atoms with Gasteiger partial charge in [-0.05, 0) is 44.9 Å². The minimum Gasteiger partial charge on any atom is -0.351 e. The van der Waals surface area contributed by atoms with Crippen molar-refractivity contribution in [2.75, 3.05) is 13.6 Å². The Labute approximate surface area is 142 Å². The average Bonchev–Trinajstić information content (AvgIpc) is 3.12. The minimum absolute atomic E-state index is 0.183. The van der Waals surface area contributed by atoms with Crippen molar-refractivity contribution in [3.8, 4) is 0 Å². The van der Waals surface area contributed by atoms with Gasteiger partial charge in [0.1, 0.15) is 5.69 Å². The lowest BCUT2D eigenvalue weighted by Crippen LogP contribution is -2.57. The Morgan fingerprint density at radius 2 is 2.04 bits per heavy atom. The van der Waals surface area contributed by atoms with Gasteiger partial charge in [-0.3, -0.25) is 9.69 Å². The van der Waals surface area contributed by atoms with Crippen LogP contribution in [0.4, 0.5) is 0 Å². The third kappa shape index (κ3) is 1.80. The van der Waals surface area contributed by atoms with Crippen LogP contribution in [0.5, 0.6) is 0 Å². The van der Waals surface area contributed by atoms with Crippen molar-refractivity contribution >= 4 is 16.8 Å². The van der Waals surface area contributed by atoms with Crippen molar-refractivity contribution < 1.29 is 4.79 Å². The topological polar surface area (TPSA) is 39.3 Å². The number of benzene rings is 1. The molecule has 3 aliphatic rings. The van der Waals surface area contributed by atoms with Crippen LogP contribution in [0.15, 0.2) is 30.3 Å². The number of hydrogen-bond acceptors (Lipinski definition) is 2. The number of aromatic nitrogens is 1. The molecule has 24 heavy (non-hydrogen) atoms. The molecule has 0 unspecified atom stereocenters. The third-order valence-electron chi connectivity index (χ3n) is 7.03. The van der Waals surface area contributed by atoms with Crippen LogP contribution in [0.2, 0.25) is 0 Å². The van der Waals surface area contributed by atoms with Gasteiger partial charge in [-0.25, -0.2) is 0 Å². The zero-order chi connectivity index (χ0) is 16.5. The number of aromatic amines is 1. The van der Waals surface area contributed by atoms with E-state index in [1.54, 1.807) is 0 Å². The Morgan fingerprint density at radius 1 is 1.25 bits per heavy atom. The van der Waals surface area contributed by atoms with Crippen LogP contribution in [0, 0.1) is 5.41 Å². The Hall–Kier alpha value is -1.81. The third-order valence-corrected chi connectivity index (χ3v) is 7.03. The van der Waals surface area contributed by atoms with Gasteiger partial charge in [0.2, 0.25) is 0 Å². The first-order valence-electron chi connectivity index (χ1n) is 9.18. The van der Waals surface area contributed by atoms with Crippen LogP contribution in [0.25, 0.3) is 10.9 Å². The molecule has 0 radical (unpaired) electrons. The molecule has 3 heterocycles. The first-order chi connectivity index (χ1) is 11.6. The number of likely N-dealkylation sites (N-methyl/N-ethyl adjacent to an activating group) is 1. The quantitative estimate of drug-likeness (QED) is 0.875. The van der Waals surface area contributed by atoms with Crippen LogP contribution in [-0.2, 0) is 0 Å². The number of nitrogens with one attached hydrogen (secondary N) is 1. The zero-order valence-corrected chi connectivity index (χ0v) is 14.5. The lowest BCUT2D eigenvalue weighted by molar-refractivity contribution is 0.0114. The number of fused-ring (bicyclic) bond motifs is 2. The van der Waals surface area contributed by atoms with Crippen molar-refractivity contribution in [3.05, 3.63) is 36.0 Å². The molecule has 1 saturated carbocycles. The van der Waals surface area contributed by atoms with E-state index in [1.165, 1.54) is 19.3 Å². The average molecular weight is 323 g/mol. The van der Waals surface area contributed by atoms with E-state index in [1.807, 2.05) is 24.3 Å². The molecule has 4 nitrogen and oxygen atoms in total. The second-order valence-electron chi connectivity index (χ2n) is 8.22. The van der Waals surface area contributed by atoms with E-state index in [-0.39, 0.29) is 11.3 Å². The van der Waals surface area contributed by atoms with Gasteiger partial charge in [0, 0.05) is 41.0 Å². The molecule has 2 saturated heterocycles. The number of rotatable bonds is 1. The fourth-order valence-electron chi connectivity index (χ4n) is 5.86. The second-order valence-corrected chi connectivity index (χ2v) is 8.22. The smallest absolute Gasteiger partial charge is 0.270 e. The minimum atomic E-state index is 0.183. The number of carbonyl (C=O) groups is 1. The first kappa shape index (κ1) is 14.5. The van der Waals surface area contributed by atoms with Crippen LogP contribution in [0.1, 0.15) is 43.1 Å². The Balaban J connectivity index is 1.53. The summed E-state index contributed by atoms with van der Waals surface area (Å²) in [5, 5.41) is 1.12. The lowest BCUT2D eigenvalue weighted by Gasteiger charge is -2.50. The van der Waals surface area contributed by atoms with Gasteiger partial charge in [0.15, 0.2) is 0 Å². The van der Waals surface area contributed by atoms with Gasteiger partial charge in [0.25, 0.3) is 5.91 Å². The molecule has 2 aliphatic heterocycles. The summed E-state index contributed by atoms with van der Waals surface area (Å²) in [4.78, 5) is 21.4. The van der Waals surface area contributed by atoms with Crippen molar-refractivity contribution in [2.45, 2.75) is 50.7 Å². The summed E-state index contributed by atoms with van der Waals surface area (Å²) in [6.45, 7) is 3.30. The predicted octanol–water partition coefficient (Wildman–Crippen LogP) is 3.26. The maximum absolute atomic E-state index is 13.3. The van der Waals surface area contributed by atoms with E-state index in [0.717, 1.165) is 29.6 Å². The van der Waals surface area contributed by atoms with E-state index in [9.17, 15) is 4.79 Å². The van der Waals surface area contributed by atoms with E-state index in [0.29, 0.717) is 18.1 Å². The number of likely N-dealkylation sites (tertiary alicyclic amines) is 2. The normalized spacial score (nSPS) is 35.6. The number of carbonyl (C=O) groups excluding carboxylic acids is 1. The molecule has 126 valence electrons. The maximum Gasteiger partial charge on any atom is 0.270 e. The highest BCUT2D eigenvalue weighted by atomic mass is 16.2. The molecule has 2 aromatic rings. The number of para-hydroxylation sites is 1. The molecule has 2 bridgehead atoms. The van der Waals surface area contributed by atoms with Gasteiger partial charge in [0.05, 0.1) is 0 Å². The Morgan fingerprint density at radius 3 is 2.88 bits per heavy atom. The van der Waals surface area contributed by atoms with E-state index < -0.39 is 0 Å². The Kier molecular flexibility index (Phi) is 2.94. The standard InChI is InChI=1S/C20H25N3O/c1-20-11-14-12-23(18(20)9-5-8-17(20)22(14)2)19(24)16-10-13-6-3-4-7-15(13)21-16/h3-4,6-7,10,14,17-18,21H,5,8-9,11-12H2,1-2H3/t14-,17-,18+,20-/m0/s1. The Bertz CT molecular complexity index is 779. The fraction of sp³-hybridized carbons (Fsp3) is 0.550. The molecule has 1 N–H and O–H groups in total. The molecular formula is C20H25N3O. The van der Waals surface area contributed by atoms with Gasteiger partial charge >= 0.3 is 0 Å². The SMILES string of the molecule is CN1[C@@H]2CN(C(=O)c3cc4ccccc4[nH]3)[C@@H]3CCC[C@H]1[C@]3(C)C2. The highest BCUT2D eigenvalue weighted by Gasteiger charge is 2.59. The van der Waals surface area contributed by atoms with Crippen molar-refractivity contribution in [2.24, 2.45) is 5.41 Å². The molecule has 1 aromatic heterocycles. The van der Waals surface area contributed by atoms with E-state index in [4.69, 9.17) is 0 Å². The van der Waals surface area contributed by atoms with Crippen LogP contribution in [0.3, 0.4) is 0 Å². The van der Waals surface area contributed by atoms with Crippen molar-refractivity contribution in [1.82, 2.24) is 14.8 Å². The molecule has 0 spiro atoms. The largest absolute Gasteiger partial charge is 0.351 e. The summed E-state index contributed by atoms with van der Waals surface area (Å²) in [6, 6.07) is 11.7. The van der Waals surface area contributed by atoms with Crippen LogP contribution < -0.4 is 0 Å². The second kappa shape index (κ2) is 4.85. The number of nitrogens with zero attached hydrogens (tertiary/aromatic N) is 2. The zero-order valence-electron chi connectivity index (χ0n) is 14.5. The first-order valence-corrected chi connectivity index (χ1v) is 9.18. The molecular weight excluding hydrogens is 298 g/mol. The van der Waals surface area contributed by atoms with Crippen LogP contribution >= 0.6 is 0 Å². The molecule has 1 aromatic carbocycles. The van der Waals surface area contributed by atoms with Crippen molar-refractivity contribution in [3.63, 3.8) is 0 Å². The van der Waals surface area contributed by atoms with Gasteiger partial charge in [-0.1, -0.05) is 25.1 Å². The summed E-state index contributed by atoms with van der Waals surface area (Å²) in [5.41, 5.74) is 2.05. The monoisotopic (exact) mass is 323 g/mol. The summed E-state index contributed by atoms with van der Waals surface area (Å²) in [5.74, 6) is 0.183. The summed E-state index contributed by atoms with van der Waals surface area (Å²) in [7, 11) is 2.26. The molecule has 1 aliphatic carbocycles. The lowest BCUT2D eigenvalue weighted by atomic mass is 9.66. The van der Waals surface area contributed by atoms with E-state index >= 15 is 0 Å². The van der Waals surface area contributed by atoms with Gasteiger partial charge in [-0.15, -0.1) is 0 Å². The number of H-pyrrole nitrogens is 1. The highest BCUT2D eigenvalue weighted by molar-refractivity contribution is 5.98. The van der Waals surface area contributed by atoms with Gasteiger partial charge in [-0.2, -0.15) is 0 Å². The highest BCUT2D eigenvalue weighted by Crippen LogP contribution is 2.53. The molecule has 1 amide bonds. The van der Waals surface area contributed by atoms with Gasteiger partial charge < -0.3 is 9.88 Å². The molecule has 3 fully saturated rings. The molecule has 4 heteroatoms. The molecule has 4 atom stereocenters. The van der Waals surface area contributed by atoms with Crippen molar-refractivity contribution in [1.29, 1.82) is 0 Å². The number of piperidine rings is 1.